The molecule has 0 unspecified atom stereocenters. The van der Waals surface area contributed by atoms with E-state index in [0.717, 1.165) is 16.7 Å². The lowest BCUT2D eigenvalue weighted by molar-refractivity contribution is -0.121. The van der Waals surface area contributed by atoms with Crippen LogP contribution in [0.5, 0.6) is 0 Å². The van der Waals surface area contributed by atoms with Crippen molar-refractivity contribution in [2.24, 2.45) is 0 Å². The first-order valence-corrected chi connectivity index (χ1v) is 7.38. The van der Waals surface area contributed by atoms with E-state index in [2.05, 4.69) is 10.3 Å². The molecule has 2 aromatic carbocycles. The van der Waals surface area contributed by atoms with Crippen LogP contribution in [0.2, 0.25) is 0 Å². The summed E-state index contributed by atoms with van der Waals surface area (Å²) in [5.74, 6) is -1.63. The second kappa shape index (κ2) is 6.68. The Kier molecular flexibility index (Phi) is 4.42. The van der Waals surface area contributed by atoms with Gasteiger partial charge in [0.25, 0.3) is 0 Å². The van der Waals surface area contributed by atoms with Crippen LogP contribution >= 0.6 is 0 Å². The molecule has 1 amide bonds. The summed E-state index contributed by atoms with van der Waals surface area (Å²) in [7, 11) is 0. The van der Waals surface area contributed by atoms with E-state index in [1.54, 1.807) is 6.07 Å². The smallest absolute Gasteiger partial charge is 0.317 e. The third-order valence-electron chi connectivity index (χ3n) is 3.67. The van der Waals surface area contributed by atoms with Gasteiger partial charge in [-0.2, -0.15) is 0 Å². The van der Waals surface area contributed by atoms with E-state index in [1.165, 1.54) is 24.3 Å². The number of halogens is 2. The van der Waals surface area contributed by atoms with E-state index in [4.69, 9.17) is 0 Å². The van der Waals surface area contributed by atoms with Gasteiger partial charge in [0.05, 0.1) is 11.0 Å². The molecule has 0 spiro atoms. The second-order valence-electron chi connectivity index (χ2n) is 5.38. The summed E-state index contributed by atoms with van der Waals surface area (Å²) >= 11 is 0. The van der Waals surface area contributed by atoms with Gasteiger partial charge < -0.3 is 10.3 Å². The van der Waals surface area contributed by atoms with Gasteiger partial charge in [0, 0.05) is 12.1 Å². The van der Waals surface area contributed by atoms with Gasteiger partial charge in [-0.25, -0.2) is 8.78 Å². The molecule has 6 nitrogen and oxygen atoms in total. The summed E-state index contributed by atoms with van der Waals surface area (Å²) < 4.78 is 27.8. The molecule has 0 radical (unpaired) electrons. The molecule has 3 aromatic rings. The molecular formula is C17H13F2N3O3. The van der Waals surface area contributed by atoms with Crippen LogP contribution in [0.1, 0.15) is 5.56 Å². The number of aromatic amines is 1. The van der Waals surface area contributed by atoms with Gasteiger partial charge in [0.2, 0.25) is 5.91 Å². The number of fused-ring (bicyclic) bond motifs is 1. The van der Waals surface area contributed by atoms with Crippen molar-refractivity contribution < 1.29 is 13.6 Å². The van der Waals surface area contributed by atoms with Crippen LogP contribution in [0.3, 0.4) is 0 Å². The third kappa shape index (κ3) is 3.47. The van der Waals surface area contributed by atoms with Crippen molar-refractivity contribution in [2.45, 2.75) is 13.1 Å². The molecule has 3 rings (SSSR count). The number of hydrogen-bond donors (Lipinski definition) is 2. The van der Waals surface area contributed by atoms with Crippen molar-refractivity contribution in [3.63, 3.8) is 0 Å². The van der Waals surface area contributed by atoms with Gasteiger partial charge in [-0.3, -0.25) is 19.0 Å². The van der Waals surface area contributed by atoms with E-state index < -0.39 is 35.2 Å². The highest BCUT2D eigenvalue weighted by Crippen LogP contribution is 2.10. The fourth-order valence-electron chi connectivity index (χ4n) is 2.44. The fourth-order valence-corrected chi connectivity index (χ4v) is 2.44. The van der Waals surface area contributed by atoms with Crippen LogP contribution in [0.4, 0.5) is 8.78 Å². The highest BCUT2D eigenvalue weighted by molar-refractivity contribution is 5.80. The molecule has 0 saturated carbocycles. The average molecular weight is 345 g/mol. The van der Waals surface area contributed by atoms with Gasteiger partial charge >= 0.3 is 11.1 Å². The third-order valence-corrected chi connectivity index (χ3v) is 3.67. The van der Waals surface area contributed by atoms with Gasteiger partial charge in [0.1, 0.15) is 18.2 Å². The number of nitrogens with zero attached hydrogens (tertiary/aromatic N) is 1. The predicted octanol–water partition coefficient (Wildman–Crippen LogP) is 1.28. The maximum Gasteiger partial charge on any atom is 0.317 e. The lowest BCUT2D eigenvalue weighted by Crippen LogP contribution is -2.40. The van der Waals surface area contributed by atoms with Crippen LogP contribution in [0.25, 0.3) is 11.0 Å². The lowest BCUT2D eigenvalue weighted by atomic mass is 10.2. The Morgan fingerprint density at radius 1 is 1.12 bits per heavy atom. The molecular weight excluding hydrogens is 332 g/mol. The maximum atomic E-state index is 13.5. The van der Waals surface area contributed by atoms with Crippen LogP contribution < -0.4 is 16.4 Å². The van der Waals surface area contributed by atoms with Crippen LogP contribution in [-0.2, 0) is 17.9 Å². The Balaban J connectivity index is 1.86. The SMILES string of the molecule is O=C(Cn1c(=O)c(=O)[nH]c2cc(F)ccc21)NCc1ccccc1F. The van der Waals surface area contributed by atoms with Gasteiger partial charge in [-0.05, 0) is 24.3 Å². The van der Waals surface area contributed by atoms with Crippen LogP contribution in [-0.4, -0.2) is 15.5 Å². The number of rotatable bonds is 4. The summed E-state index contributed by atoms with van der Waals surface area (Å²) in [6.45, 7) is -0.505. The van der Waals surface area contributed by atoms with E-state index in [0.29, 0.717) is 5.56 Å². The summed E-state index contributed by atoms with van der Waals surface area (Å²) in [6.07, 6.45) is 0. The zero-order valence-electron chi connectivity index (χ0n) is 12.9. The number of H-pyrrole nitrogens is 1. The number of benzene rings is 2. The first-order valence-electron chi connectivity index (χ1n) is 7.38. The van der Waals surface area contributed by atoms with Gasteiger partial charge in [-0.1, -0.05) is 18.2 Å². The number of nitrogens with one attached hydrogen (secondary N) is 2. The van der Waals surface area contributed by atoms with Gasteiger partial charge in [0.15, 0.2) is 0 Å². The minimum Gasteiger partial charge on any atom is -0.350 e. The Bertz CT molecular complexity index is 1070. The van der Waals surface area contributed by atoms with Gasteiger partial charge in [-0.15, -0.1) is 0 Å². The molecule has 0 bridgehead atoms. The molecule has 0 aliphatic rings. The fraction of sp³-hybridized carbons (Fsp3) is 0.118. The Morgan fingerprint density at radius 2 is 1.88 bits per heavy atom. The Morgan fingerprint density at radius 3 is 2.64 bits per heavy atom. The Labute approximate surface area is 139 Å². The maximum absolute atomic E-state index is 13.5. The molecule has 1 heterocycles. The quantitative estimate of drug-likeness (QED) is 0.699. The first-order chi connectivity index (χ1) is 12.0. The molecule has 2 N–H and O–H groups in total. The highest BCUT2D eigenvalue weighted by atomic mass is 19.1. The number of carbonyl (C=O) groups excluding carboxylic acids is 1. The second-order valence-corrected chi connectivity index (χ2v) is 5.38. The molecule has 0 aliphatic carbocycles. The summed E-state index contributed by atoms with van der Waals surface area (Å²) in [6, 6.07) is 9.43. The van der Waals surface area contributed by atoms with Crippen LogP contribution in [0.15, 0.2) is 52.1 Å². The molecule has 0 aliphatic heterocycles. The van der Waals surface area contributed by atoms with E-state index in [1.807, 2.05) is 0 Å². The molecule has 0 fully saturated rings. The molecule has 0 atom stereocenters. The molecule has 25 heavy (non-hydrogen) atoms. The van der Waals surface area contributed by atoms with Crippen molar-refractivity contribution >= 4 is 16.9 Å². The number of hydrogen-bond acceptors (Lipinski definition) is 3. The number of carbonyl (C=O) groups is 1. The number of aromatic nitrogens is 2. The first kappa shape index (κ1) is 16.6. The predicted molar refractivity (Wildman–Crippen MR) is 87.0 cm³/mol. The molecule has 0 saturated heterocycles. The van der Waals surface area contributed by atoms with Crippen molar-refractivity contribution in [1.82, 2.24) is 14.9 Å². The lowest BCUT2D eigenvalue weighted by Gasteiger charge is -2.10. The normalized spacial score (nSPS) is 10.8. The summed E-state index contributed by atoms with van der Waals surface area (Å²) in [5, 5.41) is 2.49. The minimum absolute atomic E-state index is 0.0595. The molecule has 128 valence electrons. The molecule has 8 heteroatoms. The van der Waals surface area contributed by atoms with E-state index >= 15 is 0 Å². The van der Waals surface area contributed by atoms with E-state index in [-0.39, 0.29) is 17.6 Å². The largest absolute Gasteiger partial charge is 0.350 e. The average Bonchev–Trinajstić information content (AvgIpc) is 2.58. The topological polar surface area (TPSA) is 84.0 Å². The van der Waals surface area contributed by atoms with Crippen LogP contribution in [0, 0.1) is 11.6 Å². The van der Waals surface area contributed by atoms with Crippen molar-refractivity contribution in [1.29, 1.82) is 0 Å². The van der Waals surface area contributed by atoms with Crippen molar-refractivity contribution in [2.75, 3.05) is 0 Å². The van der Waals surface area contributed by atoms with E-state index in [9.17, 15) is 23.2 Å². The zero-order valence-corrected chi connectivity index (χ0v) is 12.9. The standard InChI is InChI=1S/C17H13F2N3O3/c18-11-5-6-14-13(7-11)21-16(24)17(25)22(14)9-15(23)20-8-10-3-1-2-4-12(10)19/h1-7H,8-9H2,(H,20,23)(H,21,24). The summed E-state index contributed by atoms with van der Waals surface area (Å²) in [4.78, 5) is 38.1. The monoisotopic (exact) mass is 345 g/mol. The number of amides is 1. The van der Waals surface area contributed by atoms with Crippen molar-refractivity contribution in [3.05, 3.63) is 80.4 Å². The van der Waals surface area contributed by atoms with Crippen molar-refractivity contribution in [3.8, 4) is 0 Å². The zero-order chi connectivity index (χ0) is 18.0. The Hall–Kier alpha value is -3.29. The highest BCUT2D eigenvalue weighted by Gasteiger charge is 2.12. The molecule has 1 aromatic heterocycles. The summed E-state index contributed by atoms with van der Waals surface area (Å²) in [5.41, 5.74) is -1.28. The minimum atomic E-state index is -0.958.